The van der Waals surface area contributed by atoms with E-state index in [1.807, 2.05) is 12.1 Å². The summed E-state index contributed by atoms with van der Waals surface area (Å²) >= 11 is 0. The molecule has 26 heavy (non-hydrogen) atoms. The van der Waals surface area contributed by atoms with Gasteiger partial charge < -0.3 is 19.7 Å². The Balaban J connectivity index is 1.70. The molecule has 1 aromatic heterocycles. The molecule has 0 saturated heterocycles. The SMILES string of the molecule is O=C1c2ccccc2N[C@H](c2ccc(-c3ccc(F)cc3)o2)N1CCO. The second kappa shape index (κ2) is 6.65. The maximum absolute atomic E-state index is 13.1. The van der Waals surface area contributed by atoms with E-state index in [9.17, 15) is 14.3 Å². The van der Waals surface area contributed by atoms with Crippen molar-refractivity contribution in [2.45, 2.75) is 6.17 Å². The Kier molecular flexibility index (Phi) is 4.18. The molecular weight excluding hydrogens is 335 g/mol. The number of furan rings is 1. The van der Waals surface area contributed by atoms with Gasteiger partial charge in [0.05, 0.1) is 12.2 Å². The number of nitrogens with zero attached hydrogens (tertiary/aromatic N) is 1. The minimum absolute atomic E-state index is 0.155. The van der Waals surface area contributed by atoms with Crippen LogP contribution in [0.2, 0.25) is 0 Å². The maximum atomic E-state index is 13.1. The Labute approximate surface area is 149 Å². The normalized spacial score (nSPS) is 16.3. The smallest absolute Gasteiger partial charge is 0.258 e. The van der Waals surface area contributed by atoms with Crippen LogP contribution < -0.4 is 5.32 Å². The van der Waals surface area contributed by atoms with E-state index in [0.29, 0.717) is 17.1 Å². The van der Waals surface area contributed by atoms with Gasteiger partial charge in [-0.3, -0.25) is 4.79 Å². The maximum Gasteiger partial charge on any atom is 0.258 e. The van der Waals surface area contributed by atoms with Crippen molar-refractivity contribution in [3.05, 3.63) is 77.8 Å². The number of fused-ring (bicyclic) bond motifs is 1. The second-order valence-corrected chi connectivity index (χ2v) is 6.02. The number of benzene rings is 2. The van der Waals surface area contributed by atoms with Crippen molar-refractivity contribution in [1.29, 1.82) is 0 Å². The first-order chi connectivity index (χ1) is 12.7. The molecule has 1 amide bonds. The molecule has 0 spiro atoms. The summed E-state index contributed by atoms with van der Waals surface area (Å²) in [5.41, 5.74) is 2.02. The highest BCUT2D eigenvalue weighted by Crippen LogP contribution is 2.35. The van der Waals surface area contributed by atoms with Crippen molar-refractivity contribution in [1.82, 2.24) is 4.90 Å². The summed E-state index contributed by atoms with van der Waals surface area (Å²) in [4.78, 5) is 14.3. The highest BCUT2D eigenvalue weighted by Gasteiger charge is 2.34. The van der Waals surface area contributed by atoms with Gasteiger partial charge in [-0.1, -0.05) is 12.1 Å². The van der Waals surface area contributed by atoms with Gasteiger partial charge >= 0.3 is 0 Å². The van der Waals surface area contributed by atoms with E-state index in [0.717, 1.165) is 11.3 Å². The quantitative estimate of drug-likeness (QED) is 0.752. The third kappa shape index (κ3) is 2.84. The van der Waals surface area contributed by atoms with Crippen molar-refractivity contribution in [3.63, 3.8) is 0 Å². The van der Waals surface area contributed by atoms with Crippen molar-refractivity contribution in [2.75, 3.05) is 18.5 Å². The van der Waals surface area contributed by atoms with Gasteiger partial charge in [0.15, 0.2) is 6.17 Å². The van der Waals surface area contributed by atoms with Crippen molar-refractivity contribution in [2.24, 2.45) is 0 Å². The highest BCUT2D eigenvalue weighted by atomic mass is 19.1. The van der Waals surface area contributed by atoms with Crippen LogP contribution in [0, 0.1) is 5.82 Å². The topological polar surface area (TPSA) is 65.7 Å². The number of carbonyl (C=O) groups is 1. The van der Waals surface area contributed by atoms with Crippen LogP contribution in [0.1, 0.15) is 22.3 Å². The minimum Gasteiger partial charge on any atom is -0.457 e. The van der Waals surface area contributed by atoms with E-state index in [1.54, 1.807) is 36.4 Å². The molecular formula is C20H17FN2O3. The zero-order chi connectivity index (χ0) is 18.1. The summed E-state index contributed by atoms with van der Waals surface area (Å²) in [5, 5.41) is 12.7. The molecule has 0 fully saturated rings. The molecule has 0 saturated carbocycles. The first-order valence-corrected chi connectivity index (χ1v) is 8.30. The third-order valence-electron chi connectivity index (χ3n) is 4.39. The van der Waals surface area contributed by atoms with Gasteiger partial charge in [-0.05, 0) is 48.5 Å². The number of carbonyl (C=O) groups excluding carboxylic acids is 1. The molecule has 2 heterocycles. The fourth-order valence-corrected chi connectivity index (χ4v) is 3.12. The van der Waals surface area contributed by atoms with Crippen molar-refractivity contribution in [3.8, 4) is 11.3 Å². The minimum atomic E-state index is -0.529. The van der Waals surface area contributed by atoms with Crippen LogP contribution in [0.15, 0.2) is 65.1 Å². The standard InChI is InChI=1S/C20H17FN2O3/c21-14-7-5-13(6-8-14)17-9-10-18(26-17)19-22-16-4-2-1-3-15(16)20(25)23(19)11-12-24/h1-10,19,22,24H,11-12H2/t19-/m0/s1. The number of rotatable bonds is 4. The average molecular weight is 352 g/mol. The molecule has 5 nitrogen and oxygen atoms in total. The van der Waals surface area contributed by atoms with Crippen LogP contribution in [0.4, 0.5) is 10.1 Å². The van der Waals surface area contributed by atoms with Crippen LogP contribution in [0.25, 0.3) is 11.3 Å². The second-order valence-electron chi connectivity index (χ2n) is 6.02. The summed E-state index contributed by atoms with van der Waals surface area (Å²) in [6.45, 7) is 0.0228. The van der Waals surface area contributed by atoms with Crippen molar-refractivity contribution < 1.29 is 18.7 Å². The molecule has 0 unspecified atom stereocenters. The van der Waals surface area contributed by atoms with E-state index < -0.39 is 6.17 Å². The van der Waals surface area contributed by atoms with Crippen LogP contribution in [-0.2, 0) is 0 Å². The fraction of sp³-hybridized carbons (Fsp3) is 0.150. The molecule has 1 aliphatic rings. The average Bonchev–Trinajstić information content (AvgIpc) is 3.14. The van der Waals surface area contributed by atoms with Gasteiger partial charge in [-0.15, -0.1) is 0 Å². The lowest BCUT2D eigenvalue weighted by atomic mass is 10.1. The molecule has 4 rings (SSSR count). The molecule has 0 radical (unpaired) electrons. The number of anilines is 1. The van der Waals surface area contributed by atoms with Crippen LogP contribution >= 0.6 is 0 Å². The summed E-state index contributed by atoms with van der Waals surface area (Å²) < 4.78 is 19.0. The van der Waals surface area contributed by atoms with E-state index in [2.05, 4.69) is 5.32 Å². The molecule has 1 atom stereocenters. The number of para-hydroxylation sites is 1. The molecule has 3 aromatic rings. The van der Waals surface area contributed by atoms with E-state index >= 15 is 0 Å². The van der Waals surface area contributed by atoms with Crippen LogP contribution in [-0.4, -0.2) is 29.1 Å². The number of amides is 1. The summed E-state index contributed by atoms with van der Waals surface area (Å²) in [5.74, 6) is 0.640. The van der Waals surface area contributed by atoms with Crippen molar-refractivity contribution >= 4 is 11.6 Å². The van der Waals surface area contributed by atoms with Gasteiger partial charge in [0, 0.05) is 17.8 Å². The monoisotopic (exact) mass is 352 g/mol. The van der Waals surface area contributed by atoms with Crippen LogP contribution in [0.3, 0.4) is 0 Å². The number of aliphatic hydroxyl groups excluding tert-OH is 1. The summed E-state index contributed by atoms with van der Waals surface area (Å²) in [6.07, 6.45) is -0.529. The van der Waals surface area contributed by atoms with E-state index in [1.165, 1.54) is 17.0 Å². The van der Waals surface area contributed by atoms with Gasteiger partial charge in [-0.25, -0.2) is 4.39 Å². The number of hydrogen-bond acceptors (Lipinski definition) is 4. The number of β-amino-alcohol motifs (C(OH)–C–C–N with tert-alkyl or cyclic N) is 1. The van der Waals surface area contributed by atoms with Gasteiger partial charge in [0.2, 0.25) is 0 Å². The Morgan fingerprint density at radius 3 is 2.62 bits per heavy atom. The predicted molar refractivity (Wildman–Crippen MR) is 95.0 cm³/mol. The molecule has 2 N–H and O–H groups in total. The van der Waals surface area contributed by atoms with Crippen LogP contribution in [0.5, 0.6) is 0 Å². The highest BCUT2D eigenvalue weighted by molar-refractivity contribution is 6.01. The number of hydrogen-bond donors (Lipinski definition) is 2. The Morgan fingerprint density at radius 1 is 1.08 bits per heavy atom. The summed E-state index contributed by atoms with van der Waals surface area (Å²) in [6, 6.07) is 16.8. The summed E-state index contributed by atoms with van der Waals surface area (Å²) in [7, 11) is 0. The molecule has 132 valence electrons. The lowest BCUT2D eigenvalue weighted by molar-refractivity contribution is 0.0619. The number of halogens is 1. The lowest BCUT2D eigenvalue weighted by Crippen LogP contribution is -2.44. The molecule has 1 aliphatic heterocycles. The number of nitrogens with one attached hydrogen (secondary N) is 1. The zero-order valence-corrected chi connectivity index (χ0v) is 13.9. The van der Waals surface area contributed by atoms with Gasteiger partial charge in [0.25, 0.3) is 5.91 Å². The Hall–Kier alpha value is -3.12. The van der Waals surface area contributed by atoms with E-state index in [-0.39, 0.29) is 24.9 Å². The Morgan fingerprint density at radius 2 is 1.85 bits per heavy atom. The zero-order valence-electron chi connectivity index (χ0n) is 13.9. The first kappa shape index (κ1) is 16.4. The predicted octanol–water partition coefficient (Wildman–Crippen LogP) is 3.64. The third-order valence-corrected chi connectivity index (χ3v) is 4.39. The molecule has 2 aromatic carbocycles. The molecule has 6 heteroatoms. The molecule has 0 bridgehead atoms. The lowest BCUT2D eigenvalue weighted by Gasteiger charge is -2.36. The largest absolute Gasteiger partial charge is 0.457 e. The molecule has 0 aliphatic carbocycles. The van der Waals surface area contributed by atoms with Gasteiger partial charge in [0.1, 0.15) is 17.3 Å². The van der Waals surface area contributed by atoms with E-state index in [4.69, 9.17) is 4.42 Å². The fourth-order valence-electron chi connectivity index (χ4n) is 3.12. The van der Waals surface area contributed by atoms with Gasteiger partial charge in [-0.2, -0.15) is 0 Å². The number of aliphatic hydroxyl groups is 1. The first-order valence-electron chi connectivity index (χ1n) is 8.30. The Bertz CT molecular complexity index is 936.